The monoisotopic (exact) mass is 494 g/mol. The molecule has 3 aromatic carbocycles. The topological polar surface area (TPSA) is 41.4 Å². The van der Waals surface area contributed by atoms with Crippen molar-refractivity contribution in [2.24, 2.45) is 5.10 Å². The Morgan fingerprint density at radius 1 is 0.943 bits per heavy atom. The standard InChI is InChI=1S/C29H23ClN4S/c1-2-19-10-12-20(13-11-19)26-18-25(27-9-6-16-35-27)33-34(26)29-31-24-15-14-22(30)17-23(24)28(32-29)21-7-4-3-5-8-21/h3-17,26H,2,18H2,1H3/t26-/m1/s1. The van der Waals surface area contributed by atoms with Crippen molar-refractivity contribution in [2.45, 2.75) is 25.8 Å². The summed E-state index contributed by atoms with van der Waals surface area (Å²) in [5.41, 5.74) is 6.31. The molecule has 0 fully saturated rings. The number of aromatic nitrogens is 2. The molecule has 0 spiro atoms. The molecule has 0 unspecified atom stereocenters. The van der Waals surface area contributed by atoms with Gasteiger partial charge >= 0.3 is 0 Å². The van der Waals surface area contributed by atoms with E-state index in [1.807, 2.05) is 41.4 Å². The zero-order chi connectivity index (χ0) is 23.8. The van der Waals surface area contributed by atoms with Crippen LogP contribution < -0.4 is 5.01 Å². The average molecular weight is 495 g/mol. The Morgan fingerprint density at radius 3 is 2.51 bits per heavy atom. The van der Waals surface area contributed by atoms with E-state index >= 15 is 0 Å². The van der Waals surface area contributed by atoms with Crippen molar-refractivity contribution in [1.82, 2.24) is 9.97 Å². The Kier molecular flexibility index (Phi) is 5.80. The van der Waals surface area contributed by atoms with Crippen LogP contribution in [0.4, 0.5) is 5.95 Å². The van der Waals surface area contributed by atoms with Gasteiger partial charge in [-0.2, -0.15) is 5.10 Å². The number of hydrogen-bond acceptors (Lipinski definition) is 5. The molecule has 3 heterocycles. The lowest BCUT2D eigenvalue weighted by atomic mass is 9.99. The number of nitrogens with zero attached hydrogens (tertiary/aromatic N) is 4. The van der Waals surface area contributed by atoms with Gasteiger partial charge in [0.25, 0.3) is 0 Å². The molecule has 172 valence electrons. The Morgan fingerprint density at radius 2 is 1.77 bits per heavy atom. The highest BCUT2D eigenvalue weighted by Crippen LogP contribution is 2.38. The van der Waals surface area contributed by atoms with Crippen LogP contribution >= 0.6 is 22.9 Å². The summed E-state index contributed by atoms with van der Waals surface area (Å²) < 4.78 is 0. The number of thiophene rings is 1. The second kappa shape index (κ2) is 9.25. The fraction of sp³-hybridized carbons (Fsp3) is 0.138. The van der Waals surface area contributed by atoms with Crippen LogP contribution in [0.2, 0.25) is 5.02 Å². The van der Waals surface area contributed by atoms with E-state index in [4.69, 9.17) is 26.7 Å². The van der Waals surface area contributed by atoms with Gasteiger partial charge in [-0.3, -0.25) is 0 Å². The number of benzene rings is 3. The maximum Gasteiger partial charge on any atom is 0.247 e. The molecular weight excluding hydrogens is 472 g/mol. The van der Waals surface area contributed by atoms with Crippen LogP contribution in [0.15, 0.2) is 95.4 Å². The molecule has 0 N–H and O–H groups in total. The van der Waals surface area contributed by atoms with Crippen molar-refractivity contribution in [3.63, 3.8) is 0 Å². The molecule has 0 saturated carbocycles. The third-order valence-electron chi connectivity index (χ3n) is 6.39. The molecule has 4 nitrogen and oxygen atoms in total. The second-order valence-corrected chi connectivity index (χ2v) is 9.97. The number of rotatable bonds is 5. The molecular formula is C29H23ClN4S. The van der Waals surface area contributed by atoms with Crippen molar-refractivity contribution in [1.29, 1.82) is 0 Å². The lowest BCUT2D eigenvalue weighted by Gasteiger charge is -2.23. The molecule has 0 aliphatic carbocycles. The summed E-state index contributed by atoms with van der Waals surface area (Å²) in [6.45, 7) is 2.18. The van der Waals surface area contributed by atoms with Gasteiger partial charge in [-0.15, -0.1) is 11.3 Å². The van der Waals surface area contributed by atoms with E-state index in [-0.39, 0.29) is 6.04 Å². The van der Waals surface area contributed by atoms with Gasteiger partial charge in [0.15, 0.2) is 0 Å². The number of hydrazone groups is 1. The number of fused-ring (bicyclic) bond motifs is 1. The number of anilines is 1. The van der Waals surface area contributed by atoms with Gasteiger partial charge in [0, 0.05) is 22.4 Å². The highest BCUT2D eigenvalue weighted by Gasteiger charge is 2.32. The van der Waals surface area contributed by atoms with E-state index in [1.54, 1.807) is 11.3 Å². The van der Waals surface area contributed by atoms with Crippen molar-refractivity contribution in [3.05, 3.63) is 111 Å². The highest BCUT2D eigenvalue weighted by atomic mass is 35.5. The molecule has 0 bridgehead atoms. The Bertz CT molecular complexity index is 1510. The molecule has 35 heavy (non-hydrogen) atoms. The first-order chi connectivity index (χ1) is 17.2. The summed E-state index contributed by atoms with van der Waals surface area (Å²) in [6.07, 6.45) is 1.82. The summed E-state index contributed by atoms with van der Waals surface area (Å²) in [5, 5.41) is 10.8. The minimum Gasteiger partial charge on any atom is -0.223 e. The van der Waals surface area contributed by atoms with Crippen molar-refractivity contribution >= 4 is 45.5 Å². The minimum absolute atomic E-state index is 0.0198. The second-order valence-electron chi connectivity index (χ2n) is 8.58. The van der Waals surface area contributed by atoms with E-state index < -0.39 is 0 Å². The average Bonchev–Trinajstić information content (AvgIpc) is 3.59. The van der Waals surface area contributed by atoms with Crippen LogP contribution in [0.5, 0.6) is 0 Å². The van der Waals surface area contributed by atoms with Crippen molar-refractivity contribution in [3.8, 4) is 11.3 Å². The number of halogens is 1. The van der Waals surface area contributed by atoms with Gasteiger partial charge in [-0.25, -0.2) is 15.0 Å². The third-order valence-corrected chi connectivity index (χ3v) is 7.54. The summed E-state index contributed by atoms with van der Waals surface area (Å²) in [7, 11) is 0. The largest absolute Gasteiger partial charge is 0.247 e. The van der Waals surface area contributed by atoms with Gasteiger partial charge < -0.3 is 0 Å². The lowest BCUT2D eigenvalue weighted by Crippen LogP contribution is -2.21. The van der Waals surface area contributed by atoms with Crippen LogP contribution in [-0.2, 0) is 6.42 Å². The molecule has 0 amide bonds. The molecule has 2 aromatic heterocycles. The molecule has 0 saturated heterocycles. The maximum absolute atomic E-state index is 6.36. The maximum atomic E-state index is 6.36. The molecule has 0 radical (unpaired) electrons. The fourth-order valence-electron chi connectivity index (χ4n) is 4.53. The molecule has 6 rings (SSSR count). The molecule has 5 aromatic rings. The van der Waals surface area contributed by atoms with Crippen molar-refractivity contribution < 1.29 is 0 Å². The van der Waals surface area contributed by atoms with E-state index in [2.05, 4.69) is 60.8 Å². The first-order valence-electron chi connectivity index (χ1n) is 11.7. The van der Waals surface area contributed by atoms with E-state index in [1.165, 1.54) is 16.0 Å². The number of aryl methyl sites for hydroxylation is 1. The molecule has 6 heteroatoms. The van der Waals surface area contributed by atoms with Gasteiger partial charge in [-0.05, 0) is 47.2 Å². The van der Waals surface area contributed by atoms with E-state index in [0.29, 0.717) is 11.0 Å². The van der Waals surface area contributed by atoms with Gasteiger partial charge in [0.2, 0.25) is 5.95 Å². The van der Waals surface area contributed by atoms with Gasteiger partial charge in [0.05, 0.1) is 27.8 Å². The Balaban J connectivity index is 1.52. The zero-order valence-corrected chi connectivity index (χ0v) is 20.8. The summed E-state index contributed by atoms with van der Waals surface area (Å²) in [4.78, 5) is 11.2. The predicted octanol–water partition coefficient (Wildman–Crippen LogP) is 7.93. The fourth-order valence-corrected chi connectivity index (χ4v) is 5.42. The molecule has 1 aliphatic heterocycles. The quantitative estimate of drug-likeness (QED) is 0.249. The summed E-state index contributed by atoms with van der Waals surface area (Å²) in [5.74, 6) is 0.592. The van der Waals surface area contributed by atoms with Crippen LogP contribution in [0.1, 0.15) is 35.4 Å². The predicted molar refractivity (Wildman–Crippen MR) is 146 cm³/mol. The molecule has 1 atom stereocenters. The van der Waals surface area contributed by atoms with E-state index in [9.17, 15) is 0 Å². The third kappa shape index (κ3) is 4.22. The van der Waals surface area contributed by atoms with Crippen LogP contribution in [0.3, 0.4) is 0 Å². The SMILES string of the molecule is CCc1ccc([C@H]2CC(c3cccs3)=NN2c2nc(-c3ccccc3)c3cc(Cl)ccc3n2)cc1. The normalized spacial score (nSPS) is 15.5. The summed E-state index contributed by atoms with van der Waals surface area (Å²) in [6, 6.07) is 29.0. The van der Waals surface area contributed by atoms with Crippen LogP contribution in [0, 0.1) is 0 Å². The van der Waals surface area contributed by atoms with Crippen molar-refractivity contribution in [2.75, 3.05) is 5.01 Å². The first-order valence-corrected chi connectivity index (χ1v) is 13.0. The number of hydrogen-bond donors (Lipinski definition) is 0. The van der Waals surface area contributed by atoms with Gasteiger partial charge in [-0.1, -0.05) is 79.2 Å². The smallest absolute Gasteiger partial charge is 0.223 e. The summed E-state index contributed by atoms with van der Waals surface area (Å²) >= 11 is 8.07. The lowest BCUT2D eigenvalue weighted by molar-refractivity contribution is 0.688. The van der Waals surface area contributed by atoms with Gasteiger partial charge in [0.1, 0.15) is 0 Å². The first kappa shape index (κ1) is 22.0. The van der Waals surface area contributed by atoms with E-state index in [0.717, 1.165) is 40.7 Å². The Hall–Kier alpha value is -3.54. The van der Waals surface area contributed by atoms with Crippen LogP contribution in [-0.4, -0.2) is 15.7 Å². The zero-order valence-electron chi connectivity index (χ0n) is 19.2. The molecule has 1 aliphatic rings. The minimum atomic E-state index is 0.0198. The Labute approximate surface area is 213 Å². The van der Waals surface area contributed by atoms with Crippen LogP contribution in [0.25, 0.3) is 22.2 Å². The highest BCUT2D eigenvalue weighted by molar-refractivity contribution is 7.12.